The number of amides is 5. The van der Waals surface area contributed by atoms with Gasteiger partial charge < -0.3 is 11.1 Å². The summed E-state index contributed by atoms with van der Waals surface area (Å²) in [5.74, 6) is -2.15. The van der Waals surface area contributed by atoms with E-state index >= 15 is 0 Å². The van der Waals surface area contributed by atoms with Crippen molar-refractivity contribution in [1.82, 2.24) is 15.1 Å². The monoisotopic (exact) mass is 372 g/mol. The molecule has 1 aromatic carbocycles. The molecule has 1 heterocycles. The molecule has 27 heavy (non-hydrogen) atoms. The maximum Gasteiger partial charge on any atom is 0.335 e. The Morgan fingerprint density at radius 2 is 1.67 bits per heavy atom. The first-order chi connectivity index (χ1) is 12.8. The normalized spacial score (nSPS) is 15.5. The molecule has 0 radical (unpaired) electrons. The molecule has 144 valence electrons. The predicted octanol–water partition coefficient (Wildman–Crippen LogP) is 0.903. The van der Waals surface area contributed by atoms with Gasteiger partial charge in [0.25, 0.3) is 0 Å². The molecule has 1 unspecified atom stereocenters. The first-order valence-electron chi connectivity index (χ1n) is 8.66. The summed E-state index contributed by atoms with van der Waals surface area (Å²) in [5, 5.41) is 2.59. The van der Waals surface area contributed by atoms with Gasteiger partial charge in [-0.15, -0.1) is 6.58 Å². The third kappa shape index (κ3) is 4.59. The summed E-state index contributed by atoms with van der Waals surface area (Å²) < 4.78 is 0. The number of hydrogen-bond donors (Lipinski definition) is 2. The highest BCUT2D eigenvalue weighted by Gasteiger charge is 2.44. The number of nitrogens with two attached hydrogens (primary N) is 1. The van der Waals surface area contributed by atoms with Crippen LogP contribution in [0.4, 0.5) is 4.79 Å². The van der Waals surface area contributed by atoms with Gasteiger partial charge in [-0.2, -0.15) is 0 Å². The van der Waals surface area contributed by atoms with Crippen LogP contribution in [0.1, 0.15) is 36.9 Å². The molecule has 1 aliphatic rings. The van der Waals surface area contributed by atoms with Crippen LogP contribution in [0.25, 0.3) is 0 Å². The van der Waals surface area contributed by atoms with Gasteiger partial charge >= 0.3 is 17.8 Å². The Morgan fingerprint density at radius 3 is 2.22 bits per heavy atom. The molecule has 3 N–H and O–H groups in total. The van der Waals surface area contributed by atoms with E-state index in [0.29, 0.717) is 10.8 Å². The van der Waals surface area contributed by atoms with Crippen LogP contribution < -0.4 is 11.1 Å². The molecule has 1 saturated heterocycles. The van der Waals surface area contributed by atoms with E-state index in [0.717, 1.165) is 10.5 Å². The zero-order valence-electron chi connectivity index (χ0n) is 15.5. The number of carbonyl (C=O) groups excluding carboxylic acids is 4. The zero-order valence-corrected chi connectivity index (χ0v) is 15.5. The van der Waals surface area contributed by atoms with Gasteiger partial charge in [0.05, 0.1) is 0 Å². The van der Waals surface area contributed by atoms with Gasteiger partial charge in [-0.25, -0.2) is 9.69 Å². The molecular formula is C19H24N4O4. The molecule has 5 amide bonds. The summed E-state index contributed by atoms with van der Waals surface area (Å²) in [4.78, 5) is 49.1. The van der Waals surface area contributed by atoms with Gasteiger partial charge in [0.2, 0.25) is 5.91 Å². The lowest BCUT2D eigenvalue weighted by Gasteiger charge is -2.17. The summed E-state index contributed by atoms with van der Waals surface area (Å²) in [7, 11) is 0. The molecule has 0 aromatic heterocycles. The van der Waals surface area contributed by atoms with Crippen LogP contribution in [0.5, 0.6) is 0 Å². The van der Waals surface area contributed by atoms with Crippen molar-refractivity contribution in [2.45, 2.75) is 25.8 Å². The average molecular weight is 372 g/mol. The van der Waals surface area contributed by atoms with E-state index in [4.69, 9.17) is 5.73 Å². The minimum absolute atomic E-state index is 0.0846. The van der Waals surface area contributed by atoms with Crippen LogP contribution in [0.3, 0.4) is 0 Å². The molecule has 0 saturated carbocycles. The van der Waals surface area contributed by atoms with Crippen LogP contribution in [0.2, 0.25) is 0 Å². The van der Waals surface area contributed by atoms with Crippen LogP contribution in [-0.2, 0) is 14.4 Å². The molecule has 0 aliphatic carbocycles. The fourth-order valence-corrected chi connectivity index (χ4v) is 2.65. The van der Waals surface area contributed by atoms with Gasteiger partial charge in [-0.3, -0.25) is 19.3 Å². The van der Waals surface area contributed by atoms with Gasteiger partial charge in [-0.1, -0.05) is 44.2 Å². The number of rotatable bonds is 8. The maximum atomic E-state index is 12.1. The third-order valence-corrected chi connectivity index (χ3v) is 4.30. The lowest BCUT2D eigenvalue weighted by Crippen LogP contribution is -2.43. The van der Waals surface area contributed by atoms with Gasteiger partial charge in [0.15, 0.2) is 0 Å². The topological polar surface area (TPSA) is 113 Å². The molecular weight excluding hydrogens is 348 g/mol. The lowest BCUT2D eigenvalue weighted by atomic mass is 9.99. The van der Waals surface area contributed by atoms with Crippen LogP contribution in [-0.4, -0.2) is 53.2 Å². The fraction of sp³-hybridized carbons (Fsp3) is 0.368. The summed E-state index contributed by atoms with van der Waals surface area (Å²) in [6.07, 6.45) is 1.33. The molecule has 8 heteroatoms. The molecule has 0 bridgehead atoms. The lowest BCUT2D eigenvalue weighted by molar-refractivity contribution is -0.143. The quantitative estimate of drug-likeness (QED) is 0.400. The van der Waals surface area contributed by atoms with E-state index in [1.807, 2.05) is 24.3 Å². The van der Waals surface area contributed by atoms with Crippen molar-refractivity contribution in [3.05, 3.63) is 48.0 Å². The highest BCUT2D eigenvalue weighted by atomic mass is 16.2. The fourth-order valence-electron chi connectivity index (χ4n) is 2.65. The van der Waals surface area contributed by atoms with Gasteiger partial charge in [-0.05, 0) is 17.0 Å². The van der Waals surface area contributed by atoms with Crippen molar-refractivity contribution in [1.29, 1.82) is 0 Å². The van der Waals surface area contributed by atoms with Gasteiger partial charge in [0, 0.05) is 19.1 Å². The van der Waals surface area contributed by atoms with Crippen molar-refractivity contribution in [3.63, 3.8) is 0 Å². The molecule has 1 fully saturated rings. The second kappa shape index (κ2) is 8.59. The van der Waals surface area contributed by atoms with Gasteiger partial charge in [0.1, 0.15) is 6.54 Å². The van der Waals surface area contributed by atoms with Crippen LogP contribution >= 0.6 is 0 Å². The molecule has 1 aromatic rings. The number of carbonyl (C=O) groups is 4. The Balaban J connectivity index is 1.90. The van der Waals surface area contributed by atoms with Crippen molar-refractivity contribution < 1.29 is 19.2 Å². The first-order valence-corrected chi connectivity index (χ1v) is 8.66. The van der Waals surface area contributed by atoms with E-state index in [9.17, 15) is 19.2 Å². The Hall–Kier alpha value is -3.00. The van der Waals surface area contributed by atoms with E-state index in [2.05, 4.69) is 25.7 Å². The summed E-state index contributed by atoms with van der Waals surface area (Å²) >= 11 is 0. The molecule has 1 aliphatic heterocycles. The Morgan fingerprint density at radius 1 is 1.11 bits per heavy atom. The van der Waals surface area contributed by atoms with Crippen LogP contribution in [0.15, 0.2) is 36.9 Å². The average Bonchev–Trinajstić information content (AvgIpc) is 2.84. The largest absolute Gasteiger partial charge is 0.353 e. The maximum absolute atomic E-state index is 12.1. The molecule has 8 nitrogen and oxygen atoms in total. The first kappa shape index (κ1) is 20.3. The summed E-state index contributed by atoms with van der Waals surface area (Å²) in [5.41, 5.74) is 8.13. The number of nitrogens with zero attached hydrogens (tertiary/aromatic N) is 2. The number of urea groups is 1. The standard InChI is InChI=1S/C19H24N4O4/c1-4-9-22-17(25)18(26)23(19(22)27)11-16(24)21-10-15(20)14-7-5-13(6-8-14)12(2)3/h4-8,12,15H,1,9-11,20H2,2-3H3,(H,21,24). The van der Waals surface area contributed by atoms with Crippen molar-refractivity contribution in [2.75, 3.05) is 19.6 Å². The summed E-state index contributed by atoms with van der Waals surface area (Å²) in [6.45, 7) is 7.14. The second-order valence-electron chi connectivity index (χ2n) is 6.61. The molecule has 2 rings (SSSR count). The Labute approximate surface area is 158 Å². The number of hydrogen-bond acceptors (Lipinski definition) is 5. The number of nitrogens with one attached hydrogen (secondary N) is 1. The van der Waals surface area contributed by atoms with Crippen LogP contribution in [0, 0.1) is 0 Å². The van der Waals surface area contributed by atoms with E-state index in [-0.39, 0.29) is 13.1 Å². The SMILES string of the molecule is C=CCN1C(=O)C(=O)N(CC(=O)NCC(N)c2ccc(C(C)C)cc2)C1=O. The highest BCUT2D eigenvalue weighted by Crippen LogP contribution is 2.17. The van der Waals surface area contributed by atoms with Crippen molar-refractivity contribution in [3.8, 4) is 0 Å². The highest BCUT2D eigenvalue weighted by molar-refractivity contribution is 6.45. The van der Waals surface area contributed by atoms with Crippen molar-refractivity contribution >= 4 is 23.8 Å². The van der Waals surface area contributed by atoms with E-state index in [1.165, 1.54) is 11.6 Å². The second-order valence-corrected chi connectivity index (χ2v) is 6.61. The Kier molecular flexibility index (Phi) is 6.46. The number of imide groups is 2. The smallest absolute Gasteiger partial charge is 0.335 e. The molecule has 1 atom stereocenters. The van der Waals surface area contributed by atoms with E-state index < -0.39 is 36.3 Å². The third-order valence-electron chi connectivity index (χ3n) is 4.30. The van der Waals surface area contributed by atoms with Crippen molar-refractivity contribution in [2.24, 2.45) is 5.73 Å². The zero-order chi connectivity index (χ0) is 20.1. The molecule has 0 spiro atoms. The minimum Gasteiger partial charge on any atom is -0.353 e. The predicted molar refractivity (Wildman–Crippen MR) is 99.5 cm³/mol. The minimum atomic E-state index is -1.02. The summed E-state index contributed by atoms with van der Waals surface area (Å²) in [6, 6.07) is 6.54. The van der Waals surface area contributed by atoms with E-state index in [1.54, 1.807) is 0 Å². The number of benzene rings is 1. The Bertz CT molecular complexity index is 757.